The molecule has 0 aliphatic carbocycles. The molecule has 1 heterocycles. The van der Waals surface area contributed by atoms with Crippen molar-refractivity contribution in [3.63, 3.8) is 0 Å². The minimum Gasteiger partial charge on any atom is -0.357 e. The van der Waals surface area contributed by atoms with Gasteiger partial charge in [0, 0.05) is 32.2 Å². The summed E-state index contributed by atoms with van der Waals surface area (Å²) in [6.45, 7) is 10.4. The van der Waals surface area contributed by atoms with Gasteiger partial charge in [0.2, 0.25) is 0 Å². The SMILES string of the molecule is CCCN(CCC)CCCN=C(NCC)NC1CCN(S(=O)(=O)C(F)(F)F)CC1. The number of piperidine rings is 1. The van der Waals surface area contributed by atoms with Crippen LogP contribution in [0.15, 0.2) is 4.99 Å². The zero-order valence-electron chi connectivity index (χ0n) is 17.8. The molecule has 1 fully saturated rings. The fraction of sp³-hybridized carbons (Fsp3) is 0.944. The average Bonchev–Trinajstić information content (AvgIpc) is 2.65. The van der Waals surface area contributed by atoms with Gasteiger partial charge in [-0.15, -0.1) is 0 Å². The van der Waals surface area contributed by atoms with Gasteiger partial charge in [-0.3, -0.25) is 4.99 Å². The molecular weight excluding hydrogens is 407 g/mol. The van der Waals surface area contributed by atoms with Crippen LogP contribution in [-0.4, -0.2) is 80.9 Å². The van der Waals surface area contributed by atoms with Crippen molar-refractivity contribution in [1.82, 2.24) is 19.8 Å². The molecule has 0 unspecified atom stereocenters. The molecule has 2 N–H and O–H groups in total. The molecule has 1 rings (SSSR count). The number of hydrogen-bond donors (Lipinski definition) is 2. The van der Waals surface area contributed by atoms with Crippen molar-refractivity contribution >= 4 is 16.0 Å². The summed E-state index contributed by atoms with van der Waals surface area (Å²) in [7, 11) is -5.24. The van der Waals surface area contributed by atoms with Gasteiger partial charge in [0.15, 0.2) is 5.96 Å². The fourth-order valence-corrected chi connectivity index (χ4v) is 4.34. The van der Waals surface area contributed by atoms with Gasteiger partial charge in [-0.05, 0) is 58.7 Å². The summed E-state index contributed by atoms with van der Waals surface area (Å²) in [6.07, 6.45) is 3.78. The molecule has 1 aliphatic heterocycles. The lowest BCUT2D eigenvalue weighted by Crippen LogP contribution is -2.51. The van der Waals surface area contributed by atoms with Crippen molar-refractivity contribution in [1.29, 1.82) is 0 Å². The van der Waals surface area contributed by atoms with Gasteiger partial charge in [-0.25, -0.2) is 8.42 Å². The Balaban J connectivity index is 2.51. The number of alkyl halides is 3. The number of halogens is 3. The van der Waals surface area contributed by atoms with E-state index in [0.717, 1.165) is 38.9 Å². The highest BCUT2D eigenvalue weighted by Gasteiger charge is 2.50. The zero-order valence-corrected chi connectivity index (χ0v) is 18.6. The summed E-state index contributed by atoms with van der Waals surface area (Å²) < 4.78 is 61.5. The Labute approximate surface area is 173 Å². The average molecular weight is 444 g/mol. The summed E-state index contributed by atoms with van der Waals surface area (Å²) in [5.41, 5.74) is -5.24. The minimum atomic E-state index is -5.24. The van der Waals surface area contributed by atoms with Gasteiger partial charge in [-0.2, -0.15) is 17.5 Å². The first-order valence-corrected chi connectivity index (χ1v) is 11.9. The Hall–Kier alpha value is -1.07. The van der Waals surface area contributed by atoms with E-state index in [1.807, 2.05) is 6.92 Å². The van der Waals surface area contributed by atoms with Crippen LogP contribution in [0.1, 0.15) is 52.9 Å². The molecule has 0 bridgehead atoms. The molecule has 0 amide bonds. The summed E-state index contributed by atoms with van der Waals surface area (Å²) in [5.74, 6) is 0.627. The number of aliphatic imine (C=N–C) groups is 1. The molecule has 0 aromatic carbocycles. The van der Waals surface area contributed by atoms with Gasteiger partial charge in [-0.1, -0.05) is 13.8 Å². The van der Waals surface area contributed by atoms with Crippen molar-refractivity contribution < 1.29 is 21.6 Å². The Morgan fingerprint density at radius 3 is 2.17 bits per heavy atom. The Morgan fingerprint density at radius 2 is 1.69 bits per heavy atom. The largest absolute Gasteiger partial charge is 0.511 e. The van der Waals surface area contributed by atoms with Crippen LogP contribution in [0.2, 0.25) is 0 Å². The van der Waals surface area contributed by atoms with Gasteiger partial charge in [0.05, 0.1) is 0 Å². The van der Waals surface area contributed by atoms with Crippen molar-refractivity contribution in [2.45, 2.75) is 64.4 Å². The van der Waals surface area contributed by atoms with Crippen molar-refractivity contribution in [2.24, 2.45) is 4.99 Å². The van der Waals surface area contributed by atoms with E-state index < -0.39 is 15.5 Å². The first kappa shape index (κ1) is 26.0. The molecule has 0 aromatic heterocycles. The van der Waals surface area contributed by atoms with Gasteiger partial charge >= 0.3 is 15.5 Å². The lowest BCUT2D eigenvalue weighted by Gasteiger charge is -2.32. The van der Waals surface area contributed by atoms with Crippen LogP contribution in [0.5, 0.6) is 0 Å². The molecule has 0 atom stereocenters. The van der Waals surface area contributed by atoms with Crippen LogP contribution in [0, 0.1) is 0 Å². The maximum absolute atomic E-state index is 12.7. The van der Waals surface area contributed by atoms with Gasteiger partial charge in [0.1, 0.15) is 0 Å². The second-order valence-corrected chi connectivity index (χ2v) is 9.15. The van der Waals surface area contributed by atoms with E-state index in [4.69, 9.17) is 0 Å². The molecular formula is C18H36F3N5O2S. The first-order valence-electron chi connectivity index (χ1n) is 10.5. The predicted molar refractivity (Wildman–Crippen MR) is 110 cm³/mol. The molecule has 7 nitrogen and oxygen atoms in total. The van der Waals surface area contributed by atoms with E-state index in [-0.39, 0.29) is 19.1 Å². The molecule has 29 heavy (non-hydrogen) atoms. The standard InChI is InChI=1S/C18H36F3N5O2S/c1-4-11-25(12-5-2)13-7-10-23-17(22-6-3)24-16-8-14-26(15-9-16)29(27,28)18(19,20)21/h16H,4-15H2,1-3H3,(H2,22,23,24). The molecule has 1 aliphatic rings. The van der Waals surface area contributed by atoms with Crippen molar-refractivity contribution in [3.8, 4) is 0 Å². The second-order valence-electron chi connectivity index (χ2n) is 7.22. The van der Waals surface area contributed by atoms with Crippen LogP contribution in [0.3, 0.4) is 0 Å². The van der Waals surface area contributed by atoms with Gasteiger partial charge in [0.25, 0.3) is 0 Å². The van der Waals surface area contributed by atoms with E-state index in [9.17, 15) is 21.6 Å². The Morgan fingerprint density at radius 1 is 1.10 bits per heavy atom. The zero-order chi connectivity index (χ0) is 21.9. The van der Waals surface area contributed by atoms with Gasteiger partial charge < -0.3 is 15.5 Å². The summed E-state index contributed by atoms with van der Waals surface area (Å²) in [5, 5.41) is 6.38. The van der Waals surface area contributed by atoms with E-state index in [1.165, 1.54) is 0 Å². The Kier molecular flexibility index (Phi) is 11.3. The predicted octanol–water partition coefficient (Wildman–Crippen LogP) is 2.37. The van der Waals surface area contributed by atoms with Crippen LogP contribution >= 0.6 is 0 Å². The van der Waals surface area contributed by atoms with Crippen LogP contribution < -0.4 is 10.6 Å². The van der Waals surface area contributed by atoms with Crippen LogP contribution in [0.25, 0.3) is 0 Å². The topological polar surface area (TPSA) is 77.0 Å². The number of nitrogens with zero attached hydrogens (tertiary/aromatic N) is 3. The van der Waals surface area contributed by atoms with Crippen molar-refractivity contribution in [3.05, 3.63) is 0 Å². The lowest BCUT2D eigenvalue weighted by molar-refractivity contribution is -0.0494. The number of guanidine groups is 1. The third-order valence-electron chi connectivity index (χ3n) is 4.75. The Bertz CT molecular complexity index is 585. The molecule has 1 saturated heterocycles. The number of rotatable bonds is 11. The number of sulfonamides is 1. The maximum Gasteiger partial charge on any atom is 0.511 e. The minimum absolute atomic E-state index is 0.107. The molecule has 0 saturated carbocycles. The third-order valence-corrected chi connectivity index (χ3v) is 6.38. The quantitative estimate of drug-likeness (QED) is 0.291. The molecule has 0 aromatic rings. The van der Waals surface area contributed by atoms with E-state index in [0.29, 0.717) is 36.2 Å². The first-order chi connectivity index (χ1) is 13.7. The lowest BCUT2D eigenvalue weighted by atomic mass is 10.1. The van der Waals surface area contributed by atoms with E-state index in [1.54, 1.807) is 0 Å². The number of nitrogens with one attached hydrogen (secondary N) is 2. The van der Waals surface area contributed by atoms with Crippen LogP contribution in [0.4, 0.5) is 13.2 Å². The second kappa shape index (κ2) is 12.6. The van der Waals surface area contributed by atoms with E-state index in [2.05, 4.69) is 34.4 Å². The smallest absolute Gasteiger partial charge is 0.357 e. The molecule has 11 heteroatoms. The highest BCUT2D eigenvalue weighted by Crippen LogP contribution is 2.28. The molecule has 0 spiro atoms. The van der Waals surface area contributed by atoms with E-state index >= 15 is 0 Å². The maximum atomic E-state index is 12.7. The summed E-state index contributed by atoms with van der Waals surface area (Å²) in [6, 6.07) is -0.107. The number of hydrogen-bond acceptors (Lipinski definition) is 4. The van der Waals surface area contributed by atoms with Crippen LogP contribution in [-0.2, 0) is 10.0 Å². The summed E-state index contributed by atoms with van der Waals surface area (Å²) >= 11 is 0. The van der Waals surface area contributed by atoms with Crippen molar-refractivity contribution in [2.75, 3.05) is 45.8 Å². The monoisotopic (exact) mass is 443 g/mol. The fourth-order valence-electron chi connectivity index (χ4n) is 3.35. The summed E-state index contributed by atoms with van der Waals surface area (Å²) in [4.78, 5) is 6.99. The molecule has 0 radical (unpaired) electrons. The normalized spacial score (nSPS) is 17.7. The third kappa shape index (κ3) is 8.67. The highest BCUT2D eigenvalue weighted by atomic mass is 32.2. The highest BCUT2D eigenvalue weighted by molar-refractivity contribution is 7.90. The molecule has 172 valence electrons.